The summed E-state index contributed by atoms with van der Waals surface area (Å²) in [5, 5.41) is 8.54. The van der Waals surface area contributed by atoms with E-state index in [9.17, 15) is 0 Å². The fourth-order valence-corrected chi connectivity index (χ4v) is 0.669. The van der Waals surface area contributed by atoms with Gasteiger partial charge in [-0.3, -0.25) is 0 Å². The van der Waals surface area contributed by atoms with Crippen molar-refractivity contribution < 1.29 is 0 Å². The largest absolute Gasteiger partial charge is 0.192 e. The molecule has 0 bridgehead atoms. The van der Waals surface area contributed by atoms with Gasteiger partial charge >= 0.3 is 0 Å². The molecule has 0 fully saturated rings. The number of hydrogen-bond donors (Lipinski definition) is 0. The zero-order valence-electron chi connectivity index (χ0n) is 6.76. The molecular formula is C9H13N. The summed E-state index contributed by atoms with van der Waals surface area (Å²) in [5.41, 5.74) is 0.748. The molecule has 0 unspecified atom stereocenters. The van der Waals surface area contributed by atoms with Crippen LogP contribution in [0.15, 0.2) is 23.8 Å². The van der Waals surface area contributed by atoms with Crippen molar-refractivity contribution in [3.8, 4) is 6.07 Å². The van der Waals surface area contributed by atoms with Crippen LogP contribution in [0.2, 0.25) is 0 Å². The SMILES string of the molecule is C/C=C\C(C#N)=C/C(C)C. The third-order valence-corrected chi connectivity index (χ3v) is 0.988. The maximum atomic E-state index is 8.54. The van der Waals surface area contributed by atoms with Crippen LogP contribution in [0.1, 0.15) is 20.8 Å². The first kappa shape index (κ1) is 8.97. The van der Waals surface area contributed by atoms with Crippen LogP contribution in [0.3, 0.4) is 0 Å². The Morgan fingerprint density at radius 2 is 2.10 bits per heavy atom. The Kier molecular flexibility index (Phi) is 4.32. The van der Waals surface area contributed by atoms with Crippen LogP contribution in [0.5, 0.6) is 0 Å². The van der Waals surface area contributed by atoms with Crippen molar-refractivity contribution >= 4 is 0 Å². The van der Waals surface area contributed by atoms with Crippen LogP contribution in [0.25, 0.3) is 0 Å². The van der Waals surface area contributed by atoms with Crippen LogP contribution in [-0.2, 0) is 0 Å². The van der Waals surface area contributed by atoms with E-state index in [1.54, 1.807) is 0 Å². The molecule has 0 aliphatic rings. The summed E-state index contributed by atoms with van der Waals surface area (Å²) >= 11 is 0. The normalized spacial score (nSPS) is 12.5. The van der Waals surface area contributed by atoms with E-state index in [0.29, 0.717) is 5.92 Å². The molecule has 0 saturated heterocycles. The first-order chi connectivity index (χ1) is 4.70. The minimum atomic E-state index is 0.450. The van der Waals surface area contributed by atoms with Gasteiger partial charge in [-0.1, -0.05) is 26.0 Å². The lowest BCUT2D eigenvalue weighted by molar-refractivity contribution is 0.828. The monoisotopic (exact) mass is 135 g/mol. The minimum Gasteiger partial charge on any atom is -0.192 e. The number of nitriles is 1. The number of hydrogen-bond acceptors (Lipinski definition) is 1. The lowest BCUT2D eigenvalue weighted by Crippen LogP contribution is -1.81. The Bertz CT molecular complexity index is 179. The summed E-state index contributed by atoms with van der Waals surface area (Å²) < 4.78 is 0. The lowest BCUT2D eigenvalue weighted by atomic mass is 10.1. The molecule has 0 atom stereocenters. The fraction of sp³-hybridized carbons (Fsp3) is 0.444. The van der Waals surface area contributed by atoms with Gasteiger partial charge in [0.2, 0.25) is 0 Å². The first-order valence-electron chi connectivity index (χ1n) is 3.45. The van der Waals surface area contributed by atoms with E-state index in [1.165, 1.54) is 0 Å². The molecule has 0 rings (SSSR count). The van der Waals surface area contributed by atoms with Gasteiger partial charge in [0.15, 0.2) is 0 Å². The molecule has 0 aliphatic heterocycles. The summed E-state index contributed by atoms with van der Waals surface area (Å²) in [4.78, 5) is 0. The third kappa shape index (κ3) is 3.91. The van der Waals surface area contributed by atoms with E-state index < -0.39 is 0 Å². The second kappa shape index (κ2) is 4.81. The summed E-state index contributed by atoms with van der Waals surface area (Å²) in [6, 6.07) is 2.11. The van der Waals surface area contributed by atoms with Crippen molar-refractivity contribution in [3.05, 3.63) is 23.8 Å². The maximum Gasteiger partial charge on any atom is 0.0988 e. The van der Waals surface area contributed by atoms with Gasteiger partial charge in [0, 0.05) is 5.57 Å². The standard InChI is InChI=1S/C9H13N/c1-4-5-9(7-10)6-8(2)3/h4-6,8H,1-3H3/b5-4-,9-6+. The molecule has 0 heterocycles. The van der Waals surface area contributed by atoms with E-state index in [0.717, 1.165) is 5.57 Å². The second-order valence-electron chi connectivity index (χ2n) is 2.48. The molecule has 0 amide bonds. The zero-order chi connectivity index (χ0) is 7.98. The minimum absolute atomic E-state index is 0.450. The van der Waals surface area contributed by atoms with E-state index in [4.69, 9.17) is 5.26 Å². The van der Waals surface area contributed by atoms with E-state index in [1.807, 2.05) is 25.2 Å². The lowest BCUT2D eigenvalue weighted by Gasteiger charge is -1.93. The summed E-state index contributed by atoms with van der Waals surface area (Å²) in [6.45, 7) is 6.02. The third-order valence-electron chi connectivity index (χ3n) is 0.988. The van der Waals surface area contributed by atoms with Gasteiger partial charge in [-0.05, 0) is 18.9 Å². The molecule has 0 saturated carbocycles. The van der Waals surface area contributed by atoms with Crippen molar-refractivity contribution in [1.29, 1.82) is 5.26 Å². The predicted molar refractivity (Wildman–Crippen MR) is 43.3 cm³/mol. The van der Waals surface area contributed by atoms with Crippen LogP contribution in [0, 0.1) is 17.2 Å². The Balaban J connectivity index is 4.23. The number of rotatable bonds is 2. The van der Waals surface area contributed by atoms with Gasteiger partial charge in [0.1, 0.15) is 0 Å². The second-order valence-corrected chi connectivity index (χ2v) is 2.48. The highest BCUT2D eigenvalue weighted by Crippen LogP contribution is 2.01. The molecule has 0 aliphatic carbocycles. The molecule has 0 aromatic carbocycles. The van der Waals surface area contributed by atoms with Crippen molar-refractivity contribution in [2.24, 2.45) is 5.92 Å². The molecule has 10 heavy (non-hydrogen) atoms. The zero-order valence-corrected chi connectivity index (χ0v) is 6.76. The molecule has 0 radical (unpaired) electrons. The Morgan fingerprint density at radius 3 is 2.40 bits per heavy atom. The Morgan fingerprint density at radius 1 is 1.50 bits per heavy atom. The van der Waals surface area contributed by atoms with E-state index in [-0.39, 0.29) is 0 Å². The highest BCUT2D eigenvalue weighted by Gasteiger charge is 1.89. The van der Waals surface area contributed by atoms with Crippen LogP contribution in [-0.4, -0.2) is 0 Å². The maximum absolute atomic E-state index is 8.54. The fourth-order valence-electron chi connectivity index (χ4n) is 0.669. The molecule has 0 aromatic heterocycles. The average molecular weight is 135 g/mol. The Hall–Kier alpha value is -1.03. The van der Waals surface area contributed by atoms with Gasteiger partial charge in [0.25, 0.3) is 0 Å². The van der Waals surface area contributed by atoms with E-state index >= 15 is 0 Å². The van der Waals surface area contributed by atoms with Crippen LogP contribution >= 0.6 is 0 Å². The molecule has 1 heteroatoms. The molecular weight excluding hydrogens is 122 g/mol. The number of allylic oxidation sites excluding steroid dienone is 4. The first-order valence-corrected chi connectivity index (χ1v) is 3.45. The quantitative estimate of drug-likeness (QED) is 0.422. The molecule has 0 N–H and O–H groups in total. The van der Waals surface area contributed by atoms with Crippen LogP contribution < -0.4 is 0 Å². The van der Waals surface area contributed by atoms with Crippen molar-refractivity contribution in [2.75, 3.05) is 0 Å². The van der Waals surface area contributed by atoms with Crippen molar-refractivity contribution in [1.82, 2.24) is 0 Å². The van der Waals surface area contributed by atoms with Crippen molar-refractivity contribution in [3.63, 3.8) is 0 Å². The highest BCUT2D eigenvalue weighted by molar-refractivity contribution is 5.32. The molecule has 0 spiro atoms. The van der Waals surface area contributed by atoms with Crippen molar-refractivity contribution in [2.45, 2.75) is 20.8 Å². The average Bonchev–Trinajstić information content (AvgIpc) is 1.86. The smallest absolute Gasteiger partial charge is 0.0988 e. The summed E-state index contributed by atoms with van der Waals surface area (Å²) in [7, 11) is 0. The van der Waals surface area contributed by atoms with Gasteiger partial charge in [0.05, 0.1) is 6.07 Å². The number of nitrogens with zero attached hydrogens (tertiary/aromatic N) is 1. The molecule has 54 valence electrons. The highest BCUT2D eigenvalue weighted by atomic mass is 14.2. The van der Waals surface area contributed by atoms with E-state index in [2.05, 4.69) is 19.9 Å². The summed E-state index contributed by atoms with van der Waals surface area (Å²) in [5.74, 6) is 0.450. The summed E-state index contributed by atoms with van der Waals surface area (Å²) in [6.07, 6.45) is 5.64. The predicted octanol–water partition coefficient (Wildman–Crippen LogP) is 2.67. The Labute approximate surface area is 62.7 Å². The van der Waals surface area contributed by atoms with Gasteiger partial charge in [-0.25, -0.2) is 0 Å². The topological polar surface area (TPSA) is 23.8 Å². The molecule has 0 aromatic rings. The van der Waals surface area contributed by atoms with Crippen LogP contribution in [0.4, 0.5) is 0 Å². The van der Waals surface area contributed by atoms with Gasteiger partial charge in [-0.2, -0.15) is 5.26 Å². The molecule has 1 nitrogen and oxygen atoms in total. The van der Waals surface area contributed by atoms with Gasteiger partial charge in [-0.15, -0.1) is 0 Å². The van der Waals surface area contributed by atoms with Gasteiger partial charge < -0.3 is 0 Å².